The molecule has 100 valence electrons. The summed E-state index contributed by atoms with van der Waals surface area (Å²) >= 11 is 1.57. The van der Waals surface area contributed by atoms with E-state index < -0.39 is 5.60 Å². The van der Waals surface area contributed by atoms with E-state index in [-0.39, 0.29) is 0 Å². The first-order chi connectivity index (χ1) is 9.09. The third-order valence-corrected chi connectivity index (χ3v) is 4.64. The molecule has 19 heavy (non-hydrogen) atoms. The van der Waals surface area contributed by atoms with Gasteiger partial charge in [-0.25, -0.2) is 0 Å². The van der Waals surface area contributed by atoms with E-state index in [9.17, 15) is 5.11 Å². The fourth-order valence-electron chi connectivity index (χ4n) is 2.35. The Morgan fingerprint density at radius 3 is 2.58 bits per heavy atom. The summed E-state index contributed by atoms with van der Waals surface area (Å²) in [7, 11) is 0. The number of thiophene rings is 1. The summed E-state index contributed by atoms with van der Waals surface area (Å²) < 4.78 is 11.1. The van der Waals surface area contributed by atoms with Crippen molar-refractivity contribution in [3.05, 3.63) is 45.6 Å². The molecule has 0 radical (unpaired) electrons. The van der Waals surface area contributed by atoms with Crippen LogP contribution < -0.4 is 9.47 Å². The topological polar surface area (TPSA) is 38.7 Å². The SMILES string of the molecule is Cc1ccsc1C(C)(O)c1ccc2c(c1)OCCO2. The van der Waals surface area contributed by atoms with Crippen molar-refractivity contribution < 1.29 is 14.6 Å². The van der Waals surface area contributed by atoms with E-state index in [0.29, 0.717) is 19.0 Å². The highest BCUT2D eigenvalue weighted by molar-refractivity contribution is 7.10. The number of hydrogen-bond donors (Lipinski definition) is 1. The molecule has 0 bridgehead atoms. The van der Waals surface area contributed by atoms with Gasteiger partial charge in [-0.2, -0.15) is 0 Å². The van der Waals surface area contributed by atoms with Crippen LogP contribution in [-0.2, 0) is 5.60 Å². The second-order valence-corrected chi connectivity index (χ2v) is 5.78. The lowest BCUT2D eigenvalue weighted by Crippen LogP contribution is -2.23. The first-order valence-corrected chi connectivity index (χ1v) is 7.14. The van der Waals surface area contributed by atoms with Crippen LogP contribution in [0.25, 0.3) is 0 Å². The minimum Gasteiger partial charge on any atom is -0.486 e. The van der Waals surface area contributed by atoms with Gasteiger partial charge in [0.05, 0.1) is 0 Å². The average molecular weight is 276 g/mol. The fourth-order valence-corrected chi connectivity index (χ4v) is 3.36. The largest absolute Gasteiger partial charge is 0.486 e. The number of rotatable bonds is 2. The fraction of sp³-hybridized carbons (Fsp3) is 0.333. The third-order valence-electron chi connectivity index (χ3n) is 3.41. The third kappa shape index (κ3) is 2.11. The van der Waals surface area contributed by atoms with Crippen LogP contribution >= 0.6 is 11.3 Å². The Morgan fingerprint density at radius 2 is 1.89 bits per heavy atom. The molecule has 0 saturated heterocycles. The highest BCUT2D eigenvalue weighted by Crippen LogP contribution is 2.39. The Morgan fingerprint density at radius 1 is 1.16 bits per heavy atom. The molecule has 0 fully saturated rings. The summed E-state index contributed by atoms with van der Waals surface area (Å²) in [5.41, 5.74) is 0.917. The second-order valence-electron chi connectivity index (χ2n) is 4.86. The van der Waals surface area contributed by atoms with Crippen molar-refractivity contribution in [2.24, 2.45) is 0 Å². The standard InChI is InChI=1S/C15H16O3S/c1-10-5-8-19-14(10)15(2,16)11-3-4-12-13(9-11)18-7-6-17-12/h3-5,8-9,16H,6-7H2,1-2H3. The van der Waals surface area contributed by atoms with Gasteiger partial charge in [0.15, 0.2) is 11.5 Å². The molecular formula is C15H16O3S. The normalized spacial score (nSPS) is 17.0. The zero-order valence-corrected chi connectivity index (χ0v) is 11.8. The molecule has 0 amide bonds. The summed E-state index contributed by atoms with van der Waals surface area (Å²) in [6.07, 6.45) is 0. The quantitative estimate of drug-likeness (QED) is 0.916. The highest BCUT2D eigenvalue weighted by atomic mass is 32.1. The van der Waals surface area contributed by atoms with Crippen LogP contribution in [0.15, 0.2) is 29.6 Å². The van der Waals surface area contributed by atoms with Crippen LogP contribution in [-0.4, -0.2) is 18.3 Å². The number of ether oxygens (including phenoxy) is 2. The van der Waals surface area contributed by atoms with Crippen molar-refractivity contribution in [3.63, 3.8) is 0 Å². The van der Waals surface area contributed by atoms with Crippen LogP contribution in [0, 0.1) is 6.92 Å². The van der Waals surface area contributed by atoms with Gasteiger partial charge >= 0.3 is 0 Å². The van der Waals surface area contributed by atoms with Crippen molar-refractivity contribution in [1.82, 2.24) is 0 Å². The molecule has 1 aromatic heterocycles. The molecule has 0 aliphatic carbocycles. The van der Waals surface area contributed by atoms with E-state index in [4.69, 9.17) is 9.47 Å². The minimum atomic E-state index is -1.01. The first kappa shape index (κ1) is 12.5. The Bertz CT molecular complexity index is 601. The Hall–Kier alpha value is -1.52. The van der Waals surface area contributed by atoms with E-state index in [1.165, 1.54) is 0 Å². The summed E-state index contributed by atoms with van der Waals surface area (Å²) in [5.74, 6) is 1.45. The molecule has 1 N–H and O–H groups in total. The average Bonchev–Trinajstić information content (AvgIpc) is 2.85. The number of aliphatic hydroxyl groups is 1. The van der Waals surface area contributed by atoms with Crippen molar-refractivity contribution >= 4 is 11.3 Å². The molecule has 1 unspecified atom stereocenters. The Kier molecular flexibility index (Phi) is 2.99. The van der Waals surface area contributed by atoms with Crippen LogP contribution in [0.3, 0.4) is 0 Å². The molecule has 3 rings (SSSR count). The van der Waals surface area contributed by atoms with Gasteiger partial charge in [0, 0.05) is 4.88 Å². The summed E-state index contributed by atoms with van der Waals surface area (Å²) in [4.78, 5) is 0.962. The second kappa shape index (κ2) is 4.54. The molecule has 2 aromatic rings. The molecular weight excluding hydrogens is 260 g/mol. The van der Waals surface area contributed by atoms with Gasteiger partial charge in [0.25, 0.3) is 0 Å². The summed E-state index contributed by atoms with van der Waals surface area (Å²) in [6, 6.07) is 7.65. The lowest BCUT2D eigenvalue weighted by atomic mass is 9.92. The highest BCUT2D eigenvalue weighted by Gasteiger charge is 2.30. The maximum absolute atomic E-state index is 10.8. The monoisotopic (exact) mass is 276 g/mol. The van der Waals surface area contributed by atoms with Crippen molar-refractivity contribution in [3.8, 4) is 11.5 Å². The summed E-state index contributed by atoms with van der Waals surface area (Å²) in [5, 5.41) is 12.8. The zero-order chi connectivity index (χ0) is 13.5. The first-order valence-electron chi connectivity index (χ1n) is 6.26. The molecule has 0 saturated carbocycles. The molecule has 0 spiro atoms. The van der Waals surface area contributed by atoms with E-state index in [2.05, 4.69) is 0 Å². The van der Waals surface area contributed by atoms with Gasteiger partial charge in [-0.3, -0.25) is 0 Å². The van der Waals surface area contributed by atoms with Gasteiger partial charge in [-0.15, -0.1) is 11.3 Å². The number of fused-ring (bicyclic) bond motifs is 1. The zero-order valence-electron chi connectivity index (χ0n) is 11.0. The van der Waals surface area contributed by atoms with E-state index in [1.807, 2.05) is 43.5 Å². The molecule has 1 atom stereocenters. The van der Waals surface area contributed by atoms with Crippen molar-refractivity contribution in [1.29, 1.82) is 0 Å². The predicted molar refractivity (Wildman–Crippen MR) is 75.2 cm³/mol. The molecule has 1 aromatic carbocycles. The van der Waals surface area contributed by atoms with Crippen LogP contribution in [0.5, 0.6) is 11.5 Å². The van der Waals surface area contributed by atoms with Gasteiger partial charge in [0.1, 0.15) is 18.8 Å². The molecule has 4 heteroatoms. The van der Waals surface area contributed by atoms with Crippen LogP contribution in [0.1, 0.15) is 22.9 Å². The molecule has 1 aliphatic heterocycles. The number of aryl methyl sites for hydroxylation is 1. The lowest BCUT2D eigenvalue weighted by Gasteiger charge is -2.26. The van der Waals surface area contributed by atoms with E-state index in [1.54, 1.807) is 11.3 Å². The number of hydrogen-bond acceptors (Lipinski definition) is 4. The van der Waals surface area contributed by atoms with Gasteiger partial charge in [-0.05, 0) is 48.6 Å². The maximum atomic E-state index is 10.8. The predicted octanol–water partition coefficient (Wildman–Crippen LogP) is 3.08. The molecule has 1 aliphatic rings. The summed E-state index contributed by atoms with van der Waals surface area (Å²) in [6.45, 7) is 4.96. The van der Waals surface area contributed by atoms with Gasteiger partial charge in [0.2, 0.25) is 0 Å². The van der Waals surface area contributed by atoms with Crippen molar-refractivity contribution in [2.75, 3.05) is 13.2 Å². The number of benzene rings is 1. The minimum absolute atomic E-state index is 0.552. The van der Waals surface area contributed by atoms with Crippen LogP contribution in [0.4, 0.5) is 0 Å². The van der Waals surface area contributed by atoms with Crippen molar-refractivity contribution in [2.45, 2.75) is 19.4 Å². The molecule has 3 nitrogen and oxygen atoms in total. The maximum Gasteiger partial charge on any atom is 0.161 e. The Labute approximate surface area is 116 Å². The van der Waals surface area contributed by atoms with E-state index >= 15 is 0 Å². The smallest absolute Gasteiger partial charge is 0.161 e. The van der Waals surface area contributed by atoms with E-state index in [0.717, 1.165) is 21.8 Å². The van der Waals surface area contributed by atoms with Gasteiger partial charge in [-0.1, -0.05) is 6.07 Å². The lowest BCUT2D eigenvalue weighted by molar-refractivity contribution is 0.104. The molecule has 2 heterocycles. The van der Waals surface area contributed by atoms with Crippen LogP contribution in [0.2, 0.25) is 0 Å². The van der Waals surface area contributed by atoms with Gasteiger partial charge < -0.3 is 14.6 Å². The Balaban J connectivity index is 2.04.